The van der Waals surface area contributed by atoms with Crippen LogP contribution in [-0.2, 0) is 24.3 Å². The third kappa shape index (κ3) is 6.34. The van der Waals surface area contributed by atoms with Gasteiger partial charge in [-0.3, -0.25) is 9.59 Å². The lowest BCUT2D eigenvalue weighted by Gasteiger charge is -2.11. The Morgan fingerprint density at radius 3 is 2.30 bits per heavy atom. The van der Waals surface area contributed by atoms with Crippen molar-refractivity contribution in [2.24, 2.45) is 5.14 Å². The van der Waals surface area contributed by atoms with Gasteiger partial charge in [0, 0.05) is 6.42 Å². The number of nitrogens with one attached hydrogen (secondary N) is 1. The van der Waals surface area contributed by atoms with Crippen molar-refractivity contribution in [3.63, 3.8) is 0 Å². The Labute approximate surface area is 144 Å². The molecule has 10 heteroatoms. The van der Waals surface area contributed by atoms with Gasteiger partial charge in [-0.2, -0.15) is 0 Å². The second kappa shape index (κ2) is 8.49. The standard InChI is InChI=1S/C13H16Cl2N2O5S/c1-2-3-4-12(19)22-7-11(18)17-13-9(14)5-8(6-10(13)15)23(16,20)21/h5-6H,2-4,7H2,1H3,(H,17,18)(H2,16,20,21). The highest BCUT2D eigenvalue weighted by Gasteiger charge is 2.17. The normalized spacial score (nSPS) is 11.1. The van der Waals surface area contributed by atoms with E-state index in [0.717, 1.165) is 18.6 Å². The minimum Gasteiger partial charge on any atom is -0.456 e. The number of hydrogen-bond acceptors (Lipinski definition) is 5. The molecule has 0 aliphatic heterocycles. The van der Waals surface area contributed by atoms with Crippen molar-refractivity contribution >= 4 is 50.8 Å². The molecule has 0 radical (unpaired) electrons. The summed E-state index contributed by atoms with van der Waals surface area (Å²) >= 11 is 11.8. The highest BCUT2D eigenvalue weighted by molar-refractivity contribution is 7.89. The third-order valence-corrected chi connectivity index (χ3v) is 4.20. The average molecular weight is 383 g/mol. The maximum Gasteiger partial charge on any atom is 0.306 e. The highest BCUT2D eigenvalue weighted by Crippen LogP contribution is 2.33. The van der Waals surface area contributed by atoms with E-state index < -0.39 is 28.5 Å². The summed E-state index contributed by atoms with van der Waals surface area (Å²) in [5, 5.41) is 7.12. The highest BCUT2D eigenvalue weighted by atomic mass is 35.5. The Morgan fingerprint density at radius 2 is 1.83 bits per heavy atom. The quantitative estimate of drug-likeness (QED) is 0.701. The SMILES string of the molecule is CCCCC(=O)OCC(=O)Nc1c(Cl)cc(S(N)(=O)=O)cc1Cl. The van der Waals surface area contributed by atoms with Crippen LogP contribution in [-0.4, -0.2) is 26.9 Å². The van der Waals surface area contributed by atoms with E-state index in [0.29, 0.717) is 6.42 Å². The smallest absolute Gasteiger partial charge is 0.306 e. The van der Waals surface area contributed by atoms with Gasteiger partial charge in [0.25, 0.3) is 5.91 Å². The van der Waals surface area contributed by atoms with E-state index >= 15 is 0 Å². The molecule has 23 heavy (non-hydrogen) atoms. The molecule has 0 atom stereocenters. The number of sulfonamides is 1. The van der Waals surface area contributed by atoms with Gasteiger partial charge in [-0.15, -0.1) is 0 Å². The van der Waals surface area contributed by atoms with Crippen LogP contribution in [0.1, 0.15) is 26.2 Å². The van der Waals surface area contributed by atoms with Gasteiger partial charge >= 0.3 is 5.97 Å². The van der Waals surface area contributed by atoms with Crippen molar-refractivity contribution in [1.82, 2.24) is 0 Å². The number of nitrogens with two attached hydrogens (primary N) is 1. The lowest BCUT2D eigenvalue weighted by Crippen LogP contribution is -2.21. The maximum absolute atomic E-state index is 11.7. The summed E-state index contributed by atoms with van der Waals surface area (Å²) in [4.78, 5) is 22.8. The molecular formula is C13H16Cl2N2O5S. The fourth-order valence-corrected chi connectivity index (χ4v) is 2.82. The van der Waals surface area contributed by atoms with E-state index in [4.69, 9.17) is 33.1 Å². The number of halogens is 2. The van der Waals surface area contributed by atoms with Crippen LogP contribution < -0.4 is 10.5 Å². The van der Waals surface area contributed by atoms with Gasteiger partial charge in [-0.1, -0.05) is 36.5 Å². The van der Waals surface area contributed by atoms with Gasteiger partial charge in [0.1, 0.15) is 0 Å². The fourth-order valence-electron chi connectivity index (χ4n) is 1.55. The van der Waals surface area contributed by atoms with E-state index in [-0.39, 0.29) is 27.0 Å². The van der Waals surface area contributed by atoms with Crippen molar-refractivity contribution in [1.29, 1.82) is 0 Å². The van der Waals surface area contributed by atoms with Gasteiger partial charge in [-0.25, -0.2) is 13.6 Å². The van der Waals surface area contributed by atoms with Crippen LogP contribution >= 0.6 is 23.2 Å². The van der Waals surface area contributed by atoms with Crippen LogP contribution in [0, 0.1) is 0 Å². The second-order valence-electron chi connectivity index (χ2n) is 4.62. The summed E-state index contributed by atoms with van der Waals surface area (Å²) < 4.78 is 27.3. The Balaban J connectivity index is 2.74. The van der Waals surface area contributed by atoms with Crippen LogP contribution in [0.5, 0.6) is 0 Å². The Hall–Kier alpha value is -1.35. The zero-order valence-electron chi connectivity index (χ0n) is 12.3. The Kier molecular flexibility index (Phi) is 7.27. The van der Waals surface area contributed by atoms with Crippen LogP contribution in [0.15, 0.2) is 17.0 Å². The van der Waals surface area contributed by atoms with Gasteiger partial charge in [0.2, 0.25) is 10.0 Å². The molecule has 0 heterocycles. The molecule has 7 nitrogen and oxygen atoms in total. The Morgan fingerprint density at radius 1 is 1.26 bits per heavy atom. The molecule has 0 aliphatic carbocycles. The van der Waals surface area contributed by atoms with Crippen molar-refractivity contribution in [3.8, 4) is 0 Å². The molecule has 1 rings (SSSR count). The van der Waals surface area contributed by atoms with E-state index in [1.165, 1.54) is 0 Å². The monoisotopic (exact) mass is 382 g/mol. The van der Waals surface area contributed by atoms with Crippen LogP contribution in [0.3, 0.4) is 0 Å². The number of esters is 1. The zero-order valence-corrected chi connectivity index (χ0v) is 14.6. The summed E-state index contributed by atoms with van der Waals surface area (Å²) in [6, 6.07) is 2.12. The Bertz CT molecular complexity index is 683. The number of benzene rings is 1. The first-order valence-corrected chi connectivity index (χ1v) is 8.92. The molecule has 3 N–H and O–H groups in total. The maximum atomic E-state index is 11.7. The van der Waals surface area contributed by atoms with Gasteiger partial charge in [0.05, 0.1) is 20.6 Å². The van der Waals surface area contributed by atoms with E-state index in [1.54, 1.807) is 0 Å². The molecule has 0 aromatic heterocycles. The molecule has 0 bridgehead atoms. The van der Waals surface area contributed by atoms with Gasteiger partial charge < -0.3 is 10.1 Å². The lowest BCUT2D eigenvalue weighted by molar-refractivity contribution is -0.147. The first kappa shape index (κ1) is 19.7. The first-order valence-electron chi connectivity index (χ1n) is 6.62. The molecule has 0 saturated heterocycles. The number of ether oxygens (including phenoxy) is 1. The predicted octanol–water partition coefficient (Wildman–Crippen LogP) is 2.31. The van der Waals surface area contributed by atoms with Crippen LogP contribution in [0.25, 0.3) is 0 Å². The van der Waals surface area contributed by atoms with Gasteiger partial charge in [-0.05, 0) is 18.6 Å². The van der Waals surface area contributed by atoms with Gasteiger partial charge in [0.15, 0.2) is 6.61 Å². The lowest BCUT2D eigenvalue weighted by atomic mass is 10.2. The van der Waals surface area contributed by atoms with Crippen molar-refractivity contribution in [2.45, 2.75) is 31.1 Å². The summed E-state index contributed by atoms with van der Waals surface area (Å²) in [6.07, 6.45) is 1.74. The number of primary sulfonamides is 1. The topological polar surface area (TPSA) is 116 Å². The van der Waals surface area contributed by atoms with Crippen molar-refractivity contribution in [3.05, 3.63) is 22.2 Å². The molecule has 0 aliphatic rings. The number of carbonyl (C=O) groups is 2. The molecule has 1 aromatic rings. The number of carbonyl (C=O) groups excluding carboxylic acids is 2. The van der Waals surface area contributed by atoms with E-state index in [2.05, 4.69) is 5.32 Å². The number of amides is 1. The minimum absolute atomic E-state index is 0.00957. The van der Waals surface area contributed by atoms with Crippen molar-refractivity contribution in [2.75, 3.05) is 11.9 Å². The largest absolute Gasteiger partial charge is 0.456 e. The summed E-state index contributed by atoms with van der Waals surface area (Å²) in [7, 11) is -3.97. The molecule has 1 amide bonds. The molecule has 1 aromatic carbocycles. The number of anilines is 1. The van der Waals surface area contributed by atoms with E-state index in [1.807, 2.05) is 6.92 Å². The van der Waals surface area contributed by atoms with Crippen LogP contribution in [0.2, 0.25) is 10.0 Å². The molecule has 0 unspecified atom stereocenters. The molecule has 0 fully saturated rings. The first-order chi connectivity index (χ1) is 10.6. The predicted molar refractivity (Wildman–Crippen MR) is 86.9 cm³/mol. The minimum atomic E-state index is -3.97. The summed E-state index contributed by atoms with van der Waals surface area (Å²) in [6.45, 7) is 1.43. The third-order valence-electron chi connectivity index (χ3n) is 2.71. The summed E-state index contributed by atoms with van der Waals surface area (Å²) in [5.41, 5.74) is 0.00957. The average Bonchev–Trinajstić information content (AvgIpc) is 2.45. The molecule has 0 saturated carbocycles. The molecular weight excluding hydrogens is 367 g/mol. The zero-order chi connectivity index (χ0) is 17.6. The number of unbranched alkanes of at least 4 members (excludes halogenated alkanes) is 1. The van der Waals surface area contributed by atoms with Crippen molar-refractivity contribution < 1.29 is 22.7 Å². The summed E-state index contributed by atoms with van der Waals surface area (Å²) in [5.74, 6) is -1.13. The molecule has 128 valence electrons. The second-order valence-corrected chi connectivity index (χ2v) is 7.00. The number of rotatable bonds is 7. The fraction of sp³-hybridized carbons (Fsp3) is 0.385. The van der Waals surface area contributed by atoms with Crippen LogP contribution in [0.4, 0.5) is 5.69 Å². The molecule has 0 spiro atoms. The van der Waals surface area contributed by atoms with E-state index in [9.17, 15) is 18.0 Å². The number of hydrogen-bond donors (Lipinski definition) is 2.